The number of pyridine rings is 1. The van der Waals surface area contributed by atoms with Crippen molar-refractivity contribution in [2.45, 2.75) is 69.4 Å². The number of carbonyl (C=O) groups is 3. The molecule has 0 radical (unpaired) electrons. The molecular formula is C23H29F6N3O5. The van der Waals surface area contributed by atoms with Crippen LogP contribution in [-0.2, 0) is 20.9 Å². The van der Waals surface area contributed by atoms with Crippen molar-refractivity contribution in [3.63, 3.8) is 0 Å². The van der Waals surface area contributed by atoms with E-state index in [9.17, 15) is 31.1 Å². The largest absolute Gasteiger partial charge is 0.490 e. The molecule has 0 aromatic carbocycles. The number of carbonyl (C=O) groups excluding carboxylic acids is 1. The lowest BCUT2D eigenvalue weighted by Gasteiger charge is -2.38. The van der Waals surface area contributed by atoms with Gasteiger partial charge in [-0.25, -0.2) is 9.59 Å². The SMILES string of the molecule is O=C(O)C(F)(F)F.O=C(O)C(F)(F)F.O=C1CCC2(CCCN(CC3CC3)CC2)N1Cc1ccncc1. The van der Waals surface area contributed by atoms with Gasteiger partial charge in [0.2, 0.25) is 5.91 Å². The van der Waals surface area contributed by atoms with Crippen LogP contribution in [0.2, 0.25) is 0 Å². The smallest absolute Gasteiger partial charge is 0.475 e. The molecule has 1 aromatic rings. The van der Waals surface area contributed by atoms with Crippen molar-refractivity contribution in [2.24, 2.45) is 5.92 Å². The van der Waals surface area contributed by atoms with Gasteiger partial charge in [0.25, 0.3) is 0 Å². The van der Waals surface area contributed by atoms with Crippen LogP contribution in [-0.4, -0.2) is 80.4 Å². The molecule has 37 heavy (non-hydrogen) atoms. The summed E-state index contributed by atoms with van der Waals surface area (Å²) in [4.78, 5) is 39.3. The number of nitrogens with zero attached hydrogens (tertiary/aromatic N) is 3. The summed E-state index contributed by atoms with van der Waals surface area (Å²) in [6.07, 6.45) is 1.67. The number of alkyl halides is 6. The normalized spacial score (nSPS) is 22.4. The van der Waals surface area contributed by atoms with Crippen molar-refractivity contribution in [3.05, 3.63) is 30.1 Å². The molecule has 2 saturated heterocycles. The quantitative estimate of drug-likeness (QED) is 0.552. The minimum absolute atomic E-state index is 0.110. The first-order chi connectivity index (χ1) is 17.1. The average molecular weight is 541 g/mol. The molecule has 0 bridgehead atoms. The Hall–Kier alpha value is -2.90. The van der Waals surface area contributed by atoms with Crippen molar-refractivity contribution in [3.8, 4) is 0 Å². The Morgan fingerprint density at radius 2 is 1.49 bits per heavy atom. The number of aliphatic carboxylic acids is 2. The van der Waals surface area contributed by atoms with Crippen LogP contribution in [0, 0.1) is 5.92 Å². The summed E-state index contributed by atoms with van der Waals surface area (Å²) < 4.78 is 63.5. The molecule has 3 fully saturated rings. The molecule has 2 N–H and O–H groups in total. The van der Waals surface area contributed by atoms with Gasteiger partial charge in [-0.05, 0) is 68.7 Å². The predicted molar refractivity (Wildman–Crippen MR) is 117 cm³/mol. The van der Waals surface area contributed by atoms with Gasteiger partial charge in [0, 0.05) is 44.0 Å². The maximum atomic E-state index is 12.5. The molecule has 1 atom stereocenters. The summed E-state index contributed by atoms with van der Waals surface area (Å²) in [7, 11) is 0. The van der Waals surface area contributed by atoms with E-state index in [1.165, 1.54) is 44.3 Å². The van der Waals surface area contributed by atoms with E-state index in [2.05, 4.69) is 14.8 Å². The van der Waals surface area contributed by atoms with E-state index in [0.717, 1.165) is 38.3 Å². The number of halogens is 6. The van der Waals surface area contributed by atoms with Gasteiger partial charge in [0.05, 0.1) is 0 Å². The fourth-order valence-electron chi connectivity index (χ4n) is 4.40. The Bertz CT molecular complexity index is 900. The molecule has 1 amide bonds. The van der Waals surface area contributed by atoms with Gasteiger partial charge in [0.1, 0.15) is 0 Å². The van der Waals surface area contributed by atoms with E-state index in [4.69, 9.17) is 19.8 Å². The number of hydrogen-bond acceptors (Lipinski definition) is 5. The lowest BCUT2D eigenvalue weighted by molar-refractivity contribution is -0.193. The first kappa shape index (κ1) is 30.3. The van der Waals surface area contributed by atoms with Crippen molar-refractivity contribution in [2.75, 3.05) is 19.6 Å². The lowest BCUT2D eigenvalue weighted by Crippen LogP contribution is -2.46. The summed E-state index contributed by atoms with van der Waals surface area (Å²) in [6, 6.07) is 4.07. The average Bonchev–Trinajstić information content (AvgIpc) is 3.60. The number of rotatable bonds is 4. The molecule has 1 aromatic heterocycles. The maximum absolute atomic E-state index is 12.5. The van der Waals surface area contributed by atoms with Gasteiger partial charge in [-0.15, -0.1) is 0 Å². The number of carboxylic acids is 2. The second-order valence-electron chi connectivity index (χ2n) is 9.26. The van der Waals surface area contributed by atoms with Crippen molar-refractivity contribution in [1.29, 1.82) is 0 Å². The highest BCUT2D eigenvalue weighted by Gasteiger charge is 2.45. The van der Waals surface area contributed by atoms with Crippen LogP contribution >= 0.6 is 0 Å². The number of hydrogen-bond donors (Lipinski definition) is 2. The zero-order valence-corrected chi connectivity index (χ0v) is 19.9. The Morgan fingerprint density at radius 1 is 0.946 bits per heavy atom. The molecule has 1 unspecified atom stereocenters. The molecule has 14 heteroatoms. The predicted octanol–water partition coefficient (Wildman–Crippen LogP) is 4.11. The van der Waals surface area contributed by atoms with Gasteiger partial charge in [-0.1, -0.05) is 0 Å². The van der Waals surface area contributed by atoms with E-state index >= 15 is 0 Å². The third-order valence-electron chi connectivity index (χ3n) is 6.48. The number of likely N-dealkylation sites (tertiary alicyclic amines) is 2. The van der Waals surface area contributed by atoms with Crippen LogP contribution in [0.4, 0.5) is 26.3 Å². The van der Waals surface area contributed by atoms with E-state index in [1.807, 2.05) is 24.5 Å². The zero-order chi connectivity index (χ0) is 27.9. The Morgan fingerprint density at radius 3 is 1.97 bits per heavy atom. The first-order valence-corrected chi connectivity index (χ1v) is 11.7. The van der Waals surface area contributed by atoms with Crippen LogP contribution < -0.4 is 0 Å². The monoisotopic (exact) mass is 541 g/mol. The summed E-state index contributed by atoms with van der Waals surface area (Å²) in [6.45, 7) is 4.42. The minimum atomic E-state index is -5.08. The Kier molecular flexibility index (Phi) is 10.3. The van der Waals surface area contributed by atoms with Crippen LogP contribution in [0.15, 0.2) is 24.5 Å². The summed E-state index contributed by atoms with van der Waals surface area (Å²) in [5.74, 6) is -4.21. The maximum Gasteiger partial charge on any atom is 0.490 e. The lowest BCUT2D eigenvalue weighted by atomic mass is 9.87. The minimum Gasteiger partial charge on any atom is -0.475 e. The van der Waals surface area contributed by atoms with E-state index < -0.39 is 24.3 Å². The van der Waals surface area contributed by atoms with E-state index in [0.29, 0.717) is 5.91 Å². The van der Waals surface area contributed by atoms with Gasteiger partial charge in [-0.3, -0.25) is 9.78 Å². The molecule has 1 aliphatic carbocycles. The first-order valence-electron chi connectivity index (χ1n) is 11.7. The Labute approximate surface area is 209 Å². The van der Waals surface area contributed by atoms with Gasteiger partial charge in [-0.2, -0.15) is 26.3 Å². The highest BCUT2D eigenvalue weighted by Crippen LogP contribution is 2.40. The summed E-state index contributed by atoms with van der Waals surface area (Å²) in [5, 5.41) is 14.2. The van der Waals surface area contributed by atoms with Crippen molar-refractivity contribution < 1.29 is 50.9 Å². The summed E-state index contributed by atoms with van der Waals surface area (Å²) >= 11 is 0. The fraction of sp³-hybridized carbons (Fsp3) is 0.652. The van der Waals surface area contributed by atoms with Crippen molar-refractivity contribution >= 4 is 17.8 Å². The molecule has 2 aliphatic heterocycles. The topological polar surface area (TPSA) is 111 Å². The van der Waals surface area contributed by atoms with E-state index in [-0.39, 0.29) is 5.54 Å². The number of aromatic nitrogens is 1. The molecule has 4 rings (SSSR count). The van der Waals surface area contributed by atoms with Crippen LogP contribution in [0.1, 0.15) is 50.5 Å². The highest BCUT2D eigenvalue weighted by atomic mass is 19.4. The van der Waals surface area contributed by atoms with Gasteiger partial charge >= 0.3 is 24.3 Å². The molecule has 1 spiro atoms. The second kappa shape index (κ2) is 12.6. The standard InChI is InChI=1S/C19H27N3O.2C2HF3O2/c23-18-4-8-19(22(18)15-17-5-10-20-11-6-17)7-1-12-21(13-9-19)14-16-2-3-16;2*3-2(4,5)1(6)7/h5-6,10-11,16H,1-4,7-9,12-15H2;2*(H,6,7). The van der Waals surface area contributed by atoms with Gasteiger partial charge < -0.3 is 20.0 Å². The van der Waals surface area contributed by atoms with Gasteiger partial charge in [0.15, 0.2) is 0 Å². The van der Waals surface area contributed by atoms with Crippen LogP contribution in [0.25, 0.3) is 0 Å². The highest BCUT2D eigenvalue weighted by molar-refractivity contribution is 5.79. The molecule has 3 aliphatic rings. The van der Waals surface area contributed by atoms with E-state index in [1.54, 1.807) is 0 Å². The third-order valence-corrected chi connectivity index (χ3v) is 6.48. The number of carboxylic acid groups (broad SMARTS) is 2. The molecular weight excluding hydrogens is 512 g/mol. The Balaban J connectivity index is 0.000000286. The second-order valence-corrected chi connectivity index (χ2v) is 9.26. The molecule has 1 saturated carbocycles. The molecule has 8 nitrogen and oxygen atoms in total. The molecule has 3 heterocycles. The summed E-state index contributed by atoms with van der Waals surface area (Å²) in [5.41, 5.74) is 1.31. The zero-order valence-electron chi connectivity index (χ0n) is 19.9. The van der Waals surface area contributed by atoms with Crippen LogP contribution in [0.3, 0.4) is 0 Å². The third kappa shape index (κ3) is 9.82. The van der Waals surface area contributed by atoms with Crippen molar-refractivity contribution in [1.82, 2.24) is 14.8 Å². The van der Waals surface area contributed by atoms with Crippen LogP contribution in [0.5, 0.6) is 0 Å². The fourth-order valence-corrected chi connectivity index (χ4v) is 4.40. The number of amides is 1. The molecule has 208 valence electrons.